The number of hydrogen-bond donors (Lipinski definition) is 1. The lowest BCUT2D eigenvalue weighted by molar-refractivity contribution is 0.153. The smallest absolute Gasteiger partial charge is 0.123 e. The van der Waals surface area contributed by atoms with Gasteiger partial charge in [0.15, 0.2) is 0 Å². The van der Waals surface area contributed by atoms with Crippen molar-refractivity contribution in [2.45, 2.75) is 12.6 Å². The number of benzene rings is 2. The van der Waals surface area contributed by atoms with Crippen LogP contribution in [0.15, 0.2) is 42.5 Å². The molecule has 0 bridgehead atoms. The molecular formula is C18H20FN5. The van der Waals surface area contributed by atoms with E-state index in [-0.39, 0.29) is 11.9 Å². The molecule has 1 N–H and O–H groups in total. The van der Waals surface area contributed by atoms with E-state index < -0.39 is 0 Å². The highest BCUT2D eigenvalue weighted by Crippen LogP contribution is 2.25. The highest BCUT2D eigenvalue weighted by Gasteiger charge is 2.24. The molecule has 24 heavy (non-hydrogen) atoms. The van der Waals surface area contributed by atoms with Crippen LogP contribution in [0.3, 0.4) is 0 Å². The minimum absolute atomic E-state index is 0.173. The Labute approximate surface area is 140 Å². The van der Waals surface area contributed by atoms with Crippen LogP contribution in [-0.4, -0.2) is 39.5 Å². The number of hydrogen-bond acceptors (Lipinski definition) is 4. The normalized spacial score (nSPS) is 19.0. The summed E-state index contributed by atoms with van der Waals surface area (Å²) in [6.07, 6.45) is 0. The van der Waals surface area contributed by atoms with Gasteiger partial charge in [-0.25, -0.2) is 9.07 Å². The molecule has 0 radical (unpaired) electrons. The topological polar surface area (TPSA) is 46.0 Å². The third-order valence-corrected chi connectivity index (χ3v) is 4.65. The number of fused-ring (bicyclic) bond motifs is 1. The van der Waals surface area contributed by atoms with Crippen molar-refractivity contribution in [3.05, 3.63) is 59.4 Å². The average molecular weight is 325 g/mol. The van der Waals surface area contributed by atoms with Gasteiger partial charge in [-0.1, -0.05) is 23.4 Å². The Kier molecular flexibility index (Phi) is 4.00. The summed E-state index contributed by atoms with van der Waals surface area (Å²) < 4.78 is 15.4. The highest BCUT2D eigenvalue weighted by molar-refractivity contribution is 5.74. The van der Waals surface area contributed by atoms with Gasteiger partial charge in [0, 0.05) is 39.3 Å². The summed E-state index contributed by atoms with van der Waals surface area (Å²) >= 11 is 0. The molecule has 0 saturated carbocycles. The third kappa shape index (κ3) is 2.90. The summed E-state index contributed by atoms with van der Waals surface area (Å²) in [7, 11) is 1.89. The van der Waals surface area contributed by atoms with Crippen LogP contribution < -0.4 is 5.32 Å². The van der Waals surface area contributed by atoms with Gasteiger partial charge in [0.2, 0.25) is 0 Å². The second-order valence-electron chi connectivity index (χ2n) is 6.28. The van der Waals surface area contributed by atoms with E-state index in [1.165, 1.54) is 11.6 Å². The van der Waals surface area contributed by atoms with Crippen molar-refractivity contribution >= 4 is 11.0 Å². The molecule has 0 aliphatic carbocycles. The SMILES string of the molecule is Cn1nnc2cc(CN3CCNCC3c3cccc(F)c3)ccc21. The van der Waals surface area contributed by atoms with Gasteiger partial charge in [0.25, 0.3) is 0 Å². The third-order valence-electron chi connectivity index (χ3n) is 4.65. The number of piperazine rings is 1. The van der Waals surface area contributed by atoms with Crippen molar-refractivity contribution in [2.75, 3.05) is 19.6 Å². The molecule has 2 heterocycles. The first-order chi connectivity index (χ1) is 11.7. The molecule has 1 fully saturated rings. The Morgan fingerprint density at radius 2 is 2.17 bits per heavy atom. The molecule has 1 saturated heterocycles. The Hall–Kier alpha value is -2.31. The van der Waals surface area contributed by atoms with Crippen molar-refractivity contribution < 1.29 is 4.39 Å². The van der Waals surface area contributed by atoms with Crippen LogP contribution in [0, 0.1) is 5.82 Å². The number of halogens is 1. The van der Waals surface area contributed by atoms with Crippen molar-refractivity contribution in [3.8, 4) is 0 Å². The quantitative estimate of drug-likeness (QED) is 0.802. The first-order valence-electron chi connectivity index (χ1n) is 8.19. The first-order valence-corrected chi connectivity index (χ1v) is 8.19. The van der Waals surface area contributed by atoms with E-state index in [1.54, 1.807) is 16.8 Å². The summed E-state index contributed by atoms with van der Waals surface area (Å²) in [6.45, 7) is 3.52. The molecule has 0 amide bonds. The van der Waals surface area contributed by atoms with Crippen LogP contribution in [-0.2, 0) is 13.6 Å². The predicted molar refractivity (Wildman–Crippen MR) is 90.9 cm³/mol. The van der Waals surface area contributed by atoms with E-state index in [0.717, 1.165) is 42.8 Å². The second kappa shape index (κ2) is 6.30. The minimum atomic E-state index is -0.181. The van der Waals surface area contributed by atoms with Crippen LogP contribution in [0.2, 0.25) is 0 Å². The summed E-state index contributed by atoms with van der Waals surface area (Å²) in [6, 6.07) is 13.4. The maximum atomic E-state index is 13.6. The van der Waals surface area contributed by atoms with Crippen LogP contribution >= 0.6 is 0 Å². The fraction of sp³-hybridized carbons (Fsp3) is 0.333. The lowest BCUT2D eigenvalue weighted by atomic mass is 10.0. The molecule has 3 aromatic rings. The zero-order valence-corrected chi connectivity index (χ0v) is 13.6. The Bertz CT molecular complexity index is 859. The van der Waals surface area contributed by atoms with E-state index in [9.17, 15) is 4.39 Å². The van der Waals surface area contributed by atoms with E-state index in [0.29, 0.717) is 0 Å². The maximum absolute atomic E-state index is 13.6. The fourth-order valence-electron chi connectivity index (χ4n) is 3.40. The standard InChI is InChI=1S/C18H20FN5/c1-23-17-6-5-13(9-16(17)21-22-23)12-24-8-7-20-11-18(24)14-3-2-4-15(19)10-14/h2-6,9-10,18,20H,7-8,11-12H2,1H3. The van der Waals surface area contributed by atoms with E-state index in [1.807, 2.05) is 13.1 Å². The Balaban J connectivity index is 1.60. The zero-order valence-electron chi connectivity index (χ0n) is 13.6. The molecule has 4 rings (SSSR count). The summed E-state index contributed by atoms with van der Waals surface area (Å²) in [5.74, 6) is -0.181. The predicted octanol–water partition coefficient (Wildman–Crippen LogP) is 2.25. The van der Waals surface area contributed by atoms with Gasteiger partial charge in [-0.3, -0.25) is 4.90 Å². The lowest BCUT2D eigenvalue weighted by Gasteiger charge is -2.36. The highest BCUT2D eigenvalue weighted by atomic mass is 19.1. The van der Waals surface area contributed by atoms with Gasteiger partial charge in [0.1, 0.15) is 11.3 Å². The maximum Gasteiger partial charge on any atom is 0.123 e. The lowest BCUT2D eigenvalue weighted by Crippen LogP contribution is -2.45. The van der Waals surface area contributed by atoms with Crippen molar-refractivity contribution in [3.63, 3.8) is 0 Å². The summed E-state index contributed by atoms with van der Waals surface area (Å²) in [5, 5.41) is 11.7. The summed E-state index contributed by atoms with van der Waals surface area (Å²) in [4.78, 5) is 2.39. The van der Waals surface area contributed by atoms with Crippen LogP contribution in [0.25, 0.3) is 11.0 Å². The molecular weight excluding hydrogens is 305 g/mol. The minimum Gasteiger partial charge on any atom is -0.314 e. The van der Waals surface area contributed by atoms with E-state index in [2.05, 4.69) is 38.7 Å². The van der Waals surface area contributed by atoms with Crippen LogP contribution in [0.1, 0.15) is 17.2 Å². The van der Waals surface area contributed by atoms with Gasteiger partial charge in [-0.15, -0.1) is 5.10 Å². The van der Waals surface area contributed by atoms with Gasteiger partial charge >= 0.3 is 0 Å². The van der Waals surface area contributed by atoms with E-state index >= 15 is 0 Å². The van der Waals surface area contributed by atoms with Crippen LogP contribution in [0.5, 0.6) is 0 Å². The molecule has 124 valence electrons. The number of nitrogens with zero attached hydrogens (tertiary/aromatic N) is 4. The van der Waals surface area contributed by atoms with Crippen molar-refractivity contribution in [1.29, 1.82) is 0 Å². The van der Waals surface area contributed by atoms with Crippen LogP contribution in [0.4, 0.5) is 4.39 Å². The molecule has 1 unspecified atom stereocenters. The zero-order chi connectivity index (χ0) is 16.5. The summed E-state index contributed by atoms with van der Waals surface area (Å²) in [5.41, 5.74) is 4.15. The van der Waals surface area contributed by atoms with Gasteiger partial charge in [0.05, 0.1) is 5.52 Å². The molecule has 1 aromatic heterocycles. The Morgan fingerprint density at radius 3 is 3.04 bits per heavy atom. The van der Waals surface area contributed by atoms with Crippen molar-refractivity contribution in [1.82, 2.24) is 25.2 Å². The molecule has 5 nitrogen and oxygen atoms in total. The largest absolute Gasteiger partial charge is 0.314 e. The number of aromatic nitrogens is 3. The van der Waals surface area contributed by atoms with Crippen molar-refractivity contribution in [2.24, 2.45) is 7.05 Å². The van der Waals surface area contributed by atoms with E-state index in [4.69, 9.17) is 0 Å². The van der Waals surface area contributed by atoms with Gasteiger partial charge in [-0.05, 0) is 35.4 Å². The molecule has 1 aliphatic rings. The molecule has 1 atom stereocenters. The molecule has 0 spiro atoms. The number of nitrogens with one attached hydrogen (secondary N) is 1. The molecule has 2 aromatic carbocycles. The second-order valence-corrected chi connectivity index (χ2v) is 6.28. The fourth-order valence-corrected chi connectivity index (χ4v) is 3.40. The molecule has 1 aliphatic heterocycles. The molecule has 6 heteroatoms. The Morgan fingerprint density at radius 1 is 1.25 bits per heavy atom. The monoisotopic (exact) mass is 325 g/mol. The number of rotatable bonds is 3. The van der Waals surface area contributed by atoms with Gasteiger partial charge in [-0.2, -0.15) is 0 Å². The average Bonchev–Trinajstić information content (AvgIpc) is 2.96. The van der Waals surface area contributed by atoms with Gasteiger partial charge < -0.3 is 5.32 Å². The first kappa shape index (κ1) is 15.2. The number of aryl methyl sites for hydroxylation is 1.